The fourth-order valence-corrected chi connectivity index (χ4v) is 1.73. The zero-order valence-electron chi connectivity index (χ0n) is 8.85. The van der Waals surface area contributed by atoms with E-state index in [1.165, 1.54) is 12.1 Å². The molecule has 3 heteroatoms. The van der Waals surface area contributed by atoms with E-state index in [0.717, 1.165) is 16.5 Å². The van der Waals surface area contributed by atoms with Gasteiger partial charge in [-0.3, -0.25) is 0 Å². The molecule has 1 aromatic carbocycles. The van der Waals surface area contributed by atoms with Gasteiger partial charge in [-0.05, 0) is 43.5 Å². The highest BCUT2D eigenvalue weighted by Gasteiger charge is 2.23. The maximum absolute atomic E-state index is 13.0. The quantitative estimate of drug-likeness (QED) is 0.812. The topological polar surface area (TPSA) is 23.8 Å². The van der Waals surface area contributed by atoms with Gasteiger partial charge in [-0.1, -0.05) is 22.9 Å². The van der Waals surface area contributed by atoms with E-state index in [0.29, 0.717) is 6.42 Å². The summed E-state index contributed by atoms with van der Waals surface area (Å²) >= 11 is 3.37. The molecule has 0 saturated carbocycles. The van der Waals surface area contributed by atoms with Crippen LogP contribution in [0.3, 0.4) is 0 Å². The van der Waals surface area contributed by atoms with Crippen molar-refractivity contribution < 1.29 is 4.39 Å². The van der Waals surface area contributed by atoms with Crippen molar-refractivity contribution in [2.24, 2.45) is 5.41 Å². The average molecular weight is 270 g/mol. The molecule has 1 aromatic rings. The highest BCUT2D eigenvalue weighted by atomic mass is 79.9. The van der Waals surface area contributed by atoms with Crippen LogP contribution < -0.4 is 0 Å². The molecule has 0 amide bonds. The number of rotatable bonds is 3. The molecule has 0 aliphatic rings. The summed E-state index contributed by atoms with van der Waals surface area (Å²) in [6.45, 7) is 3.86. The van der Waals surface area contributed by atoms with Crippen LogP contribution in [-0.4, -0.2) is 0 Å². The molecule has 1 atom stereocenters. The van der Waals surface area contributed by atoms with E-state index in [2.05, 4.69) is 22.0 Å². The summed E-state index contributed by atoms with van der Waals surface area (Å²) in [4.78, 5) is 0. The molecule has 0 heterocycles. The first-order valence-corrected chi connectivity index (χ1v) is 5.65. The summed E-state index contributed by atoms with van der Waals surface area (Å²) in [5.41, 5.74) is 0.428. The minimum Gasteiger partial charge on any atom is -0.207 e. The Hall–Kier alpha value is -0.880. The lowest BCUT2D eigenvalue weighted by atomic mass is 9.83. The molecule has 80 valence electrons. The van der Waals surface area contributed by atoms with Crippen molar-refractivity contribution in [3.63, 3.8) is 0 Å². The highest BCUT2D eigenvalue weighted by Crippen LogP contribution is 2.29. The maximum Gasteiger partial charge on any atom is 0.123 e. The van der Waals surface area contributed by atoms with Crippen molar-refractivity contribution in [2.45, 2.75) is 26.7 Å². The summed E-state index contributed by atoms with van der Waals surface area (Å²) in [5, 5.41) is 9.05. The van der Waals surface area contributed by atoms with E-state index >= 15 is 0 Å². The number of nitrogens with zero attached hydrogens (tertiary/aromatic N) is 1. The average Bonchev–Trinajstić information content (AvgIpc) is 2.23. The zero-order chi connectivity index (χ0) is 11.5. The van der Waals surface area contributed by atoms with Gasteiger partial charge in [0.05, 0.1) is 11.5 Å². The minimum absolute atomic E-state index is 0.260. The number of benzene rings is 1. The van der Waals surface area contributed by atoms with Gasteiger partial charge in [0.2, 0.25) is 0 Å². The first-order valence-electron chi connectivity index (χ1n) is 4.86. The normalized spacial score (nSPS) is 14.3. The van der Waals surface area contributed by atoms with Crippen molar-refractivity contribution in [2.75, 3.05) is 0 Å². The Kier molecular flexibility index (Phi) is 3.87. The summed E-state index contributed by atoms with van der Waals surface area (Å²) in [6.07, 6.45) is 1.32. The van der Waals surface area contributed by atoms with E-state index in [-0.39, 0.29) is 5.82 Å². The second-order valence-corrected chi connectivity index (χ2v) is 4.79. The van der Waals surface area contributed by atoms with Crippen molar-refractivity contribution in [1.29, 1.82) is 5.26 Å². The van der Waals surface area contributed by atoms with E-state index < -0.39 is 5.41 Å². The molecular formula is C12H13BrFN. The number of halogens is 2. The predicted molar refractivity (Wildman–Crippen MR) is 61.8 cm³/mol. The predicted octanol–water partition coefficient (Wildman–Crippen LogP) is 4.07. The van der Waals surface area contributed by atoms with Gasteiger partial charge in [-0.2, -0.15) is 5.26 Å². The second-order valence-electron chi connectivity index (χ2n) is 3.94. The van der Waals surface area contributed by atoms with Crippen LogP contribution in [0.25, 0.3) is 0 Å². The number of hydrogen-bond acceptors (Lipinski definition) is 1. The molecule has 0 N–H and O–H groups in total. The molecule has 0 radical (unpaired) electrons. The summed E-state index contributed by atoms with van der Waals surface area (Å²) in [6, 6.07) is 6.85. The van der Waals surface area contributed by atoms with E-state index in [4.69, 9.17) is 5.26 Å². The summed E-state index contributed by atoms with van der Waals surface area (Å²) < 4.78 is 13.9. The van der Waals surface area contributed by atoms with Crippen LogP contribution in [0.1, 0.15) is 25.8 Å². The highest BCUT2D eigenvalue weighted by molar-refractivity contribution is 9.10. The lowest BCUT2D eigenvalue weighted by Crippen LogP contribution is -2.16. The van der Waals surface area contributed by atoms with E-state index in [1.807, 2.05) is 13.8 Å². The lowest BCUT2D eigenvalue weighted by molar-refractivity contribution is 0.421. The third kappa shape index (κ3) is 3.04. The fourth-order valence-electron chi connectivity index (χ4n) is 1.34. The van der Waals surface area contributed by atoms with Crippen molar-refractivity contribution in [3.05, 3.63) is 34.1 Å². The van der Waals surface area contributed by atoms with Gasteiger partial charge in [0, 0.05) is 4.47 Å². The second kappa shape index (κ2) is 4.76. The van der Waals surface area contributed by atoms with Crippen molar-refractivity contribution >= 4 is 15.9 Å². The van der Waals surface area contributed by atoms with Gasteiger partial charge in [-0.15, -0.1) is 0 Å². The zero-order valence-corrected chi connectivity index (χ0v) is 10.4. The maximum atomic E-state index is 13.0. The molecule has 0 saturated heterocycles. The smallest absolute Gasteiger partial charge is 0.123 e. The molecule has 15 heavy (non-hydrogen) atoms. The van der Waals surface area contributed by atoms with Crippen LogP contribution in [-0.2, 0) is 6.42 Å². The monoisotopic (exact) mass is 269 g/mol. The standard InChI is InChI=1S/C12H13BrFN/c1-3-12(2,8-15)7-9-6-10(14)4-5-11(9)13/h4-6H,3,7H2,1-2H3. The number of hydrogen-bond donors (Lipinski definition) is 0. The van der Waals surface area contributed by atoms with Gasteiger partial charge in [0.1, 0.15) is 5.82 Å². The van der Waals surface area contributed by atoms with Crippen LogP contribution in [0.5, 0.6) is 0 Å². The number of nitriles is 1. The molecule has 0 aliphatic carbocycles. The Bertz CT molecular complexity index is 397. The first kappa shape index (κ1) is 12.2. The van der Waals surface area contributed by atoms with Gasteiger partial charge < -0.3 is 0 Å². The minimum atomic E-state index is -0.420. The Morgan fingerprint density at radius 2 is 2.20 bits per heavy atom. The van der Waals surface area contributed by atoms with Crippen LogP contribution >= 0.6 is 15.9 Å². The Morgan fingerprint density at radius 3 is 2.73 bits per heavy atom. The first-order chi connectivity index (χ1) is 7.00. The Balaban J connectivity index is 2.99. The lowest BCUT2D eigenvalue weighted by Gasteiger charge is -2.19. The van der Waals surface area contributed by atoms with Gasteiger partial charge in [-0.25, -0.2) is 4.39 Å². The molecule has 0 aromatic heterocycles. The molecule has 1 unspecified atom stereocenters. The van der Waals surface area contributed by atoms with E-state index in [1.54, 1.807) is 6.07 Å². The largest absolute Gasteiger partial charge is 0.207 e. The molecule has 0 fully saturated rings. The SMILES string of the molecule is CCC(C)(C#N)Cc1cc(F)ccc1Br. The van der Waals surface area contributed by atoms with Gasteiger partial charge in [0.25, 0.3) is 0 Å². The van der Waals surface area contributed by atoms with Crippen LogP contribution in [0.15, 0.2) is 22.7 Å². The Labute approximate surface area is 98.0 Å². The van der Waals surface area contributed by atoms with E-state index in [9.17, 15) is 4.39 Å². The van der Waals surface area contributed by atoms with Crippen molar-refractivity contribution in [1.82, 2.24) is 0 Å². The molecule has 1 rings (SSSR count). The van der Waals surface area contributed by atoms with Crippen LogP contribution in [0.4, 0.5) is 4.39 Å². The summed E-state index contributed by atoms with van der Waals surface area (Å²) in [5.74, 6) is -0.260. The van der Waals surface area contributed by atoms with Crippen LogP contribution in [0, 0.1) is 22.6 Å². The molecule has 0 bridgehead atoms. The molecule has 0 aliphatic heterocycles. The fraction of sp³-hybridized carbons (Fsp3) is 0.417. The molecule has 0 spiro atoms. The third-order valence-corrected chi connectivity index (χ3v) is 3.41. The summed E-state index contributed by atoms with van der Waals surface area (Å²) in [7, 11) is 0. The molecular weight excluding hydrogens is 257 g/mol. The van der Waals surface area contributed by atoms with Crippen molar-refractivity contribution in [3.8, 4) is 6.07 Å². The third-order valence-electron chi connectivity index (χ3n) is 2.64. The molecule has 1 nitrogen and oxygen atoms in total. The Morgan fingerprint density at radius 1 is 1.53 bits per heavy atom. The van der Waals surface area contributed by atoms with Gasteiger partial charge in [0.15, 0.2) is 0 Å². The van der Waals surface area contributed by atoms with Crippen LogP contribution in [0.2, 0.25) is 0 Å². The van der Waals surface area contributed by atoms with Gasteiger partial charge >= 0.3 is 0 Å².